The molecule has 0 unspecified atom stereocenters. The van der Waals surface area contributed by atoms with Crippen molar-refractivity contribution in [1.29, 1.82) is 0 Å². The summed E-state index contributed by atoms with van der Waals surface area (Å²) in [6.45, 7) is 0. The van der Waals surface area contributed by atoms with Crippen LogP contribution in [0.4, 0.5) is 5.69 Å². The van der Waals surface area contributed by atoms with Crippen LogP contribution in [0.2, 0.25) is 0 Å². The van der Waals surface area contributed by atoms with Crippen molar-refractivity contribution < 1.29 is 0 Å². The maximum absolute atomic E-state index is 5.51. The molecule has 2 rings (SSSR count). The Bertz CT molecular complexity index is 382. The van der Waals surface area contributed by atoms with Gasteiger partial charge in [-0.1, -0.05) is 0 Å². The minimum atomic E-state index is 0.646. The average molecular weight is 172 g/mol. The molecule has 4 nitrogen and oxygen atoms in total. The first-order valence-corrected chi connectivity index (χ1v) is 3.86. The molecular weight excluding hydrogens is 164 g/mol. The summed E-state index contributed by atoms with van der Waals surface area (Å²) in [5.41, 5.74) is 7.68. The molecule has 64 valence electrons. The first-order chi connectivity index (χ1) is 6.36. The van der Waals surface area contributed by atoms with Crippen LogP contribution in [0.25, 0.3) is 11.4 Å². The molecule has 0 radical (unpaired) electrons. The molecule has 0 spiro atoms. The van der Waals surface area contributed by atoms with Crippen LogP contribution in [-0.2, 0) is 0 Å². The predicted molar refractivity (Wildman–Crippen MR) is 49.7 cm³/mol. The molecule has 0 bridgehead atoms. The molecule has 2 N–H and O–H groups in total. The Balaban J connectivity index is 2.42. The van der Waals surface area contributed by atoms with E-state index in [-0.39, 0.29) is 0 Å². The highest BCUT2D eigenvalue weighted by molar-refractivity contribution is 5.55. The lowest BCUT2D eigenvalue weighted by molar-refractivity contribution is 1.03. The van der Waals surface area contributed by atoms with Crippen molar-refractivity contribution in [1.82, 2.24) is 15.2 Å². The largest absolute Gasteiger partial charge is 0.397 e. The summed E-state index contributed by atoms with van der Waals surface area (Å²) in [4.78, 5) is 4.12. The van der Waals surface area contributed by atoms with E-state index >= 15 is 0 Å². The number of nitrogens with two attached hydrogens (primary N) is 1. The first-order valence-electron chi connectivity index (χ1n) is 3.86. The Morgan fingerprint density at radius 2 is 2.00 bits per heavy atom. The van der Waals surface area contributed by atoms with Crippen molar-refractivity contribution in [3.63, 3.8) is 0 Å². The zero-order chi connectivity index (χ0) is 9.10. The van der Waals surface area contributed by atoms with E-state index in [0.29, 0.717) is 5.69 Å². The number of hydrogen-bond acceptors (Lipinski definition) is 4. The molecule has 0 saturated heterocycles. The van der Waals surface area contributed by atoms with E-state index in [9.17, 15) is 0 Å². The minimum Gasteiger partial charge on any atom is -0.397 e. The average Bonchev–Trinajstić information content (AvgIpc) is 2.20. The van der Waals surface area contributed by atoms with Crippen LogP contribution >= 0.6 is 0 Å². The molecule has 0 atom stereocenters. The fourth-order valence-corrected chi connectivity index (χ4v) is 0.995. The number of rotatable bonds is 1. The molecule has 4 heteroatoms. The molecule has 13 heavy (non-hydrogen) atoms. The quantitative estimate of drug-likeness (QED) is 0.700. The van der Waals surface area contributed by atoms with Gasteiger partial charge in [0.05, 0.1) is 17.6 Å². The van der Waals surface area contributed by atoms with E-state index in [1.165, 1.54) is 0 Å². The standard InChI is InChI=1S/C9H8N4/c10-7-3-4-8(11-6-7)9-2-1-5-12-13-9/h1-6H,10H2. The number of anilines is 1. The van der Waals surface area contributed by atoms with E-state index in [2.05, 4.69) is 15.2 Å². The molecular formula is C9H8N4. The molecule has 0 aliphatic rings. The van der Waals surface area contributed by atoms with Gasteiger partial charge in [-0.15, -0.1) is 5.10 Å². The van der Waals surface area contributed by atoms with Gasteiger partial charge in [0, 0.05) is 6.20 Å². The van der Waals surface area contributed by atoms with Crippen molar-refractivity contribution >= 4 is 5.69 Å². The van der Waals surface area contributed by atoms with Gasteiger partial charge >= 0.3 is 0 Å². The topological polar surface area (TPSA) is 64.7 Å². The Morgan fingerprint density at radius 1 is 1.08 bits per heavy atom. The van der Waals surface area contributed by atoms with Gasteiger partial charge in [-0.05, 0) is 24.3 Å². The number of hydrogen-bond donors (Lipinski definition) is 1. The lowest BCUT2D eigenvalue weighted by atomic mass is 10.2. The Kier molecular flexibility index (Phi) is 1.88. The highest BCUT2D eigenvalue weighted by Crippen LogP contribution is 2.12. The molecule has 0 aliphatic heterocycles. The molecule has 0 amide bonds. The molecule has 2 heterocycles. The molecule has 0 fully saturated rings. The fourth-order valence-electron chi connectivity index (χ4n) is 0.995. The SMILES string of the molecule is Nc1ccc(-c2cccnn2)nc1. The van der Waals surface area contributed by atoms with Crippen LogP contribution in [0.15, 0.2) is 36.7 Å². The van der Waals surface area contributed by atoms with E-state index < -0.39 is 0 Å². The maximum atomic E-state index is 5.51. The van der Waals surface area contributed by atoms with Gasteiger partial charge in [0.1, 0.15) is 5.69 Å². The first kappa shape index (κ1) is 7.67. The van der Waals surface area contributed by atoms with Crippen molar-refractivity contribution in [2.45, 2.75) is 0 Å². The van der Waals surface area contributed by atoms with Crippen LogP contribution in [0.3, 0.4) is 0 Å². The molecule has 2 aromatic heterocycles. The summed E-state index contributed by atoms with van der Waals surface area (Å²) < 4.78 is 0. The summed E-state index contributed by atoms with van der Waals surface area (Å²) in [5.74, 6) is 0. The Labute approximate surface area is 75.5 Å². The second kappa shape index (κ2) is 3.18. The zero-order valence-corrected chi connectivity index (χ0v) is 6.88. The normalized spacial score (nSPS) is 9.85. The summed E-state index contributed by atoms with van der Waals surface area (Å²) >= 11 is 0. The molecule has 0 saturated carbocycles. The number of nitrogens with zero attached hydrogens (tertiary/aromatic N) is 3. The van der Waals surface area contributed by atoms with E-state index in [1.54, 1.807) is 18.5 Å². The third-order valence-electron chi connectivity index (χ3n) is 1.62. The highest BCUT2D eigenvalue weighted by atomic mass is 15.1. The van der Waals surface area contributed by atoms with Gasteiger partial charge in [-0.3, -0.25) is 4.98 Å². The minimum absolute atomic E-state index is 0.646. The van der Waals surface area contributed by atoms with Gasteiger partial charge in [-0.2, -0.15) is 5.10 Å². The second-order valence-electron chi connectivity index (χ2n) is 2.59. The number of aromatic nitrogens is 3. The molecule has 2 aromatic rings. The highest BCUT2D eigenvalue weighted by Gasteiger charge is 1.98. The molecule has 0 aromatic carbocycles. The smallest absolute Gasteiger partial charge is 0.111 e. The molecule has 0 aliphatic carbocycles. The van der Waals surface area contributed by atoms with Crippen molar-refractivity contribution in [3.8, 4) is 11.4 Å². The lowest BCUT2D eigenvalue weighted by Crippen LogP contribution is -1.90. The van der Waals surface area contributed by atoms with E-state index in [1.807, 2.05) is 18.2 Å². The Morgan fingerprint density at radius 3 is 2.62 bits per heavy atom. The van der Waals surface area contributed by atoms with Crippen molar-refractivity contribution in [3.05, 3.63) is 36.7 Å². The van der Waals surface area contributed by atoms with Crippen LogP contribution in [0.1, 0.15) is 0 Å². The van der Waals surface area contributed by atoms with Gasteiger partial charge in [0.25, 0.3) is 0 Å². The summed E-state index contributed by atoms with van der Waals surface area (Å²) in [6.07, 6.45) is 3.23. The zero-order valence-electron chi connectivity index (χ0n) is 6.88. The van der Waals surface area contributed by atoms with Gasteiger partial charge in [-0.25, -0.2) is 0 Å². The summed E-state index contributed by atoms with van der Waals surface area (Å²) in [5, 5.41) is 7.69. The second-order valence-corrected chi connectivity index (χ2v) is 2.59. The number of pyridine rings is 1. The van der Waals surface area contributed by atoms with Gasteiger partial charge < -0.3 is 5.73 Å². The summed E-state index contributed by atoms with van der Waals surface area (Å²) in [6, 6.07) is 7.28. The number of nitrogen functional groups attached to an aromatic ring is 1. The van der Waals surface area contributed by atoms with Crippen LogP contribution < -0.4 is 5.73 Å². The van der Waals surface area contributed by atoms with Crippen LogP contribution in [0, 0.1) is 0 Å². The van der Waals surface area contributed by atoms with Crippen molar-refractivity contribution in [2.75, 3.05) is 5.73 Å². The third kappa shape index (κ3) is 1.61. The lowest BCUT2D eigenvalue weighted by Gasteiger charge is -1.97. The van der Waals surface area contributed by atoms with Gasteiger partial charge in [0.15, 0.2) is 0 Å². The fraction of sp³-hybridized carbons (Fsp3) is 0. The Hall–Kier alpha value is -1.97. The summed E-state index contributed by atoms with van der Waals surface area (Å²) in [7, 11) is 0. The predicted octanol–water partition coefficient (Wildman–Crippen LogP) is 1.12. The van der Waals surface area contributed by atoms with Crippen molar-refractivity contribution in [2.24, 2.45) is 0 Å². The monoisotopic (exact) mass is 172 g/mol. The maximum Gasteiger partial charge on any atom is 0.111 e. The van der Waals surface area contributed by atoms with Gasteiger partial charge in [0.2, 0.25) is 0 Å². The van der Waals surface area contributed by atoms with Crippen LogP contribution in [0.5, 0.6) is 0 Å². The van der Waals surface area contributed by atoms with E-state index in [4.69, 9.17) is 5.73 Å². The van der Waals surface area contributed by atoms with Crippen LogP contribution in [-0.4, -0.2) is 15.2 Å². The third-order valence-corrected chi connectivity index (χ3v) is 1.62. The van der Waals surface area contributed by atoms with E-state index in [0.717, 1.165) is 11.4 Å².